The van der Waals surface area contributed by atoms with Gasteiger partial charge in [-0.1, -0.05) is 12.7 Å². The van der Waals surface area contributed by atoms with E-state index in [0.717, 1.165) is 0 Å². The number of carbonyl (C=O) groups excluding carboxylic acids is 1. The zero-order valence-corrected chi connectivity index (χ0v) is 8.21. The molecule has 0 aromatic heterocycles. The fraction of sp³-hybridized carbons (Fsp3) is 0.286. The van der Waals surface area contributed by atoms with Crippen LogP contribution in [0.25, 0.3) is 0 Å². The molecule has 0 saturated heterocycles. The van der Waals surface area contributed by atoms with Crippen LogP contribution in [-0.2, 0) is 19.4 Å². The van der Waals surface area contributed by atoms with Gasteiger partial charge in [-0.2, -0.15) is 8.42 Å². The fourth-order valence-corrected chi connectivity index (χ4v) is 0.792. The van der Waals surface area contributed by atoms with Gasteiger partial charge in [-0.05, 0) is 0 Å². The lowest BCUT2D eigenvalue weighted by Gasteiger charge is -2.04. The molecule has 2 N–H and O–H groups in total. The Morgan fingerprint density at radius 3 is 2.57 bits per heavy atom. The van der Waals surface area contributed by atoms with Gasteiger partial charge in [0.15, 0.2) is 0 Å². The van der Waals surface area contributed by atoms with Crippen LogP contribution in [0.1, 0.15) is 0 Å². The predicted molar refractivity (Wildman–Crippen MR) is 49.8 cm³/mol. The largest absolute Gasteiger partial charge is 0.397 e. The van der Waals surface area contributed by atoms with Crippen molar-refractivity contribution in [3.63, 3.8) is 0 Å². The summed E-state index contributed by atoms with van der Waals surface area (Å²) in [5.74, 6) is -0.562. The summed E-state index contributed by atoms with van der Waals surface area (Å²) in [6, 6.07) is 0. The van der Waals surface area contributed by atoms with Gasteiger partial charge in [0.05, 0.1) is 6.61 Å². The van der Waals surface area contributed by atoms with Crippen LogP contribution in [0, 0.1) is 0 Å². The molecule has 1 amide bonds. The Morgan fingerprint density at radius 1 is 1.57 bits per heavy atom. The lowest BCUT2D eigenvalue weighted by molar-refractivity contribution is -0.117. The van der Waals surface area contributed by atoms with Crippen LogP contribution in [0.3, 0.4) is 0 Å². The van der Waals surface area contributed by atoms with Crippen LogP contribution in [0.2, 0.25) is 0 Å². The molecule has 0 unspecified atom stereocenters. The van der Waals surface area contributed by atoms with E-state index in [1.165, 1.54) is 6.08 Å². The molecular weight excluding hydrogens is 210 g/mol. The van der Waals surface area contributed by atoms with E-state index in [1.807, 2.05) is 0 Å². The topological polar surface area (TPSA) is 92.7 Å². The lowest BCUT2D eigenvalue weighted by atomic mass is 10.3. The highest BCUT2D eigenvalue weighted by Gasteiger charge is 2.10. The van der Waals surface area contributed by atoms with Gasteiger partial charge in [0.25, 0.3) is 0 Å². The van der Waals surface area contributed by atoms with Crippen molar-refractivity contribution in [3.05, 3.63) is 24.8 Å². The molecule has 0 aliphatic carbocycles. The second-order valence-electron chi connectivity index (χ2n) is 2.29. The summed E-state index contributed by atoms with van der Waals surface area (Å²) >= 11 is 0. The molecule has 0 aliphatic rings. The second kappa shape index (κ2) is 5.53. The van der Waals surface area contributed by atoms with Gasteiger partial charge in [0.1, 0.15) is 0 Å². The third kappa shape index (κ3) is 6.35. The molecule has 0 aromatic rings. The van der Waals surface area contributed by atoms with E-state index in [4.69, 9.17) is 4.55 Å². The highest BCUT2D eigenvalue weighted by molar-refractivity contribution is 7.80. The predicted octanol–water partition coefficient (Wildman–Crippen LogP) is -0.336. The highest BCUT2D eigenvalue weighted by atomic mass is 32.3. The summed E-state index contributed by atoms with van der Waals surface area (Å²) in [7, 11) is -4.53. The molecule has 0 heterocycles. The van der Waals surface area contributed by atoms with E-state index in [-0.39, 0.29) is 12.1 Å². The highest BCUT2D eigenvalue weighted by Crippen LogP contribution is 1.95. The van der Waals surface area contributed by atoms with Crippen molar-refractivity contribution in [3.8, 4) is 0 Å². The smallest absolute Gasteiger partial charge is 0.349 e. The van der Waals surface area contributed by atoms with Crippen LogP contribution in [-0.4, -0.2) is 32.0 Å². The normalized spacial score (nSPS) is 10.6. The second-order valence-corrected chi connectivity index (χ2v) is 3.38. The van der Waals surface area contributed by atoms with Gasteiger partial charge in [0.2, 0.25) is 5.91 Å². The first-order valence-electron chi connectivity index (χ1n) is 3.55. The molecule has 0 aliphatic heterocycles. The molecule has 6 nitrogen and oxygen atoms in total. The van der Waals surface area contributed by atoms with Crippen molar-refractivity contribution in [1.82, 2.24) is 5.32 Å². The average molecular weight is 221 g/mol. The lowest BCUT2D eigenvalue weighted by Crippen LogP contribution is -2.26. The third-order valence-electron chi connectivity index (χ3n) is 1.11. The molecule has 0 atom stereocenters. The summed E-state index contributed by atoms with van der Waals surface area (Å²) in [5, 5.41) is 2.36. The molecule has 0 fully saturated rings. The quantitative estimate of drug-likeness (QED) is 0.364. The van der Waals surface area contributed by atoms with Gasteiger partial charge in [-0.15, -0.1) is 6.58 Å². The summed E-state index contributed by atoms with van der Waals surface area (Å²) in [6.07, 6.45) is 1.45. The zero-order valence-electron chi connectivity index (χ0n) is 7.39. The van der Waals surface area contributed by atoms with Gasteiger partial charge in [-0.25, -0.2) is 4.18 Å². The molecule has 0 bridgehead atoms. The molecule has 0 radical (unpaired) electrons. The van der Waals surface area contributed by atoms with Gasteiger partial charge in [0, 0.05) is 12.1 Å². The van der Waals surface area contributed by atoms with E-state index in [0.29, 0.717) is 0 Å². The molecule has 7 heteroatoms. The number of rotatable bonds is 6. The summed E-state index contributed by atoms with van der Waals surface area (Å²) < 4.78 is 32.4. The SMILES string of the molecule is C=CCNC(=O)C(=C)COS(=O)(=O)O. The number of amides is 1. The van der Waals surface area contributed by atoms with Gasteiger partial charge >= 0.3 is 10.4 Å². The minimum atomic E-state index is -4.53. The molecule has 0 spiro atoms. The van der Waals surface area contributed by atoms with Crippen LogP contribution >= 0.6 is 0 Å². The average Bonchev–Trinajstić information content (AvgIpc) is 2.09. The Hall–Kier alpha value is -1.18. The van der Waals surface area contributed by atoms with Crippen LogP contribution in [0.4, 0.5) is 0 Å². The van der Waals surface area contributed by atoms with Crippen molar-refractivity contribution < 1.29 is 21.9 Å². The van der Waals surface area contributed by atoms with E-state index < -0.39 is 22.9 Å². The number of carbonyl (C=O) groups is 1. The first-order valence-corrected chi connectivity index (χ1v) is 4.92. The summed E-state index contributed by atoms with van der Waals surface area (Å²) in [5.41, 5.74) is -0.107. The monoisotopic (exact) mass is 221 g/mol. The Balaban J connectivity index is 3.97. The Labute approximate surface area is 82.2 Å². The standard InChI is InChI=1S/C7H11NO5S/c1-3-4-8-7(9)6(2)5-13-14(10,11)12/h3H,1-2,4-5H2,(H,8,9)(H,10,11,12). The van der Waals surface area contributed by atoms with Crippen molar-refractivity contribution in [2.24, 2.45) is 0 Å². The summed E-state index contributed by atoms with van der Waals surface area (Å²) in [6.45, 7) is 6.29. The first kappa shape index (κ1) is 12.8. The van der Waals surface area contributed by atoms with Crippen LogP contribution in [0.5, 0.6) is 0 Å². The first-order chi connectivity index (χ1) is 6.37. The molecule has 14 heavy (non-hydrogen) atoms. The Morgan fingerprint density at radius 2 is 2.14 bits per heavy atom. The molecular formula is C7H11NO5S. The number of hydrogen-bond acceptors (Lipinski definition) is 4. The van der Waals surface area contributed by atoms with E-state index in [2.05, 4.69) is 22.7 Å². The minimum absolute atomic E-state index is 0.107. The Bertz CT molecular complexity index is 332. The third-order valence-corrected chi connectivity index (χ3v) is 1.53. The van der Waals surface area contributed by atoms with E-state index in [1.54, 1.807) is 0 Å². The molecule has 0 rings (SSSR count). The van der Waals surface area contributed by atoms with Crippen molar-refractivity contribution >= 4 is 16.3 Å². The van der Waals surface area contributed by atoms with E-state index in [9.17, 15) is 13.2 Å². The number of nitrogens with one attached hydrogen (secondary N) is 1. The molecule has 0 saturated carbocycles. The maximum atomic E-state index is 11.0. The van der Waals surface area contributed by atoms with Gasteiger partial charge in [-0.3, -0.25) is 9.35 Å². The van der Waals surface area contributed by atoms with E-state index >= 15 is 0 Å². The van der Waals surface area contributed by atoms with Crippen LogP contribution in [0.15, 0.2) is 24.8 Å². The zero-order chi connectivity index (χ0) is 11.2. The van der Waals surface area contributed by atoms with Gasteiger partial charge < -0.3 is 5.32 Å². The van der Waals surface area contributed by atoms with Crippen molar-refractivity contribution in [2.45, 2.75) is 0 Å². The summed E-state index contributed by atoms with van der Waals surface area (Å²) in [4.78, 5) is 11.0. The fourth-order valence-electron chi connectivity index (χ4n) is 0.501. The van der Waals surface area contributed by atoms with Crippen molar-refractivity contribution in [2.75, 3.05) is 13.2 Å². The minimum Gasteiger partial charge on any atom is -0.349 e. The maximum Gasteiger partial charge on any atom is 0.397 e. The maximum absolute atomic E-state index is 11.0. The Kier molecular flexibility index (Phi) is 5.06. The van der Waals surface area contributed by atoms with Crippen LogP contribution < -0.4 is 5.32 Å². The molecule has 0 aromatic carbocycles. The van der Waals surface area contributed by atoms with Crippen molar-refractivity contribution in [1.29, 1.82) is 0 Å². The number of hydrogen-bond donors (Lipinski definition) is 2. The molecule has 80 valence electrons.